The minimum Gasteiger partial charge on any atom is -0.455 e. The fourth-order valence-corrected chi connectivity index (χ4v) is 8.35. The second-order valence-corrected chi connectivity index (χ2v) is 14.0. The molecule has 0 amide bonds. The lowest BCUT2D eigenvalue weighted by molar-refractivity contribution is 0.670. The van der Waals surface area contributed by atoms with Crippen molar-refractivity contribution in [2.45, 2.75) is 0 Å². The molecule has 0 N–H and O–H groups in total. The van der Waals surface area contributed by atoms with Crippen LogP contribution in [0.1, 0.15) is 0 Å². The van der Waals surface area contributed by atoms with Gasteiger partial charge in [0.1, 0.15) is 22.3 Å². The summed E-state index contributed by atoms with van der Waals surface area (Å²) in [5.41, 5.74) is 13.4. The highest BCUT2D eigenvalue weighted by molar-refractivity contribution is 6.13. The summed E-state index contributed by atoms with van der Waals surface area (Å²) in [7, 11) is 0. The van der Waals surface area contributed by atoms with Gasteiger partial charge in [0, 0.05) is 49.4 Å². The summed E-state index contributed by atoms with van der Waals surface area (Å²) in [6.45, 7) is 0. The fourth-order valence-electron chi connectivity index (χ4n) is 8.35. The molecule has 0 aliphatic carbocycles. The summed E-state index contributed by atoms with van der Waals surface area (Å²) >= 11 is 0. The molecular weight excluding hydrogens is 671 g/mol. The molecule has 0 saturated carbocycles. The van der Waals surface area contributed by atoms with E-state index in [0.29, 0.717) is 0 Å². The third-order valence-electron chi connectivity index (χ3n) is 10.8. The van der Waals surface area contributed by atoms with Gasteiger partial charge in [-0.15, -0.1) is 0 Å². The molecule has 9 aromatic carbocycles. The van der Waals surface area contributed by atoms with E-state index in [1.165, 1.54) is 10.8 Å². The van der Waals surface area contributed by atoms with Crippen molar-refractivity contribution in [2.75, 3.05) is 4.90 Å². The van der Waals surface area contributed by atoms with Gasteiger partial charge in [0.25, 0.3) is 0 Å². The smallest absolute Gasteiger partial charge is 0.143 e. The van der Waals surface area contributed by atoms with Crippen LogP contribution in [0.25, 0.3) is 88.0 Å². The number of anilines is 3. The molecule has 3 nitrogen and oxygen atoms in total. The molecule has 0 fully saturated rings. The van der Waals surface area contributed by atoms with Crippen molar-refractivity contribution in [3.8, 4) is 33.4 Å². The molecule has 2 heterocycles. The van der Waals surface area contributed by atoms with Crippen molar-refractivity contribution in [1.82, 2.24) is 0 Å². The Labute approximate surface area is 317 Å². The summed E-state index contributed by atoms with van der Waals surface area (Å²) in [6, 6.07) is 70.9. The van der Waals surface area contributed by atoms with Crippen LogP contribution in [0.15, 0.2) is 209 Å². The maximum atomic E-state index is 6.61. The number of nitrogens with zero attached hydrogens (tertiary/aromatic N) is 1. The SMILES string of the molecule is c1ccc(N(c2ccccc2)c2ccc(-c3cc(-c4cccc5c4oc4ccccc45)cc(-c4cccc5c4oc4ccccc45)c3)c3ccccc23)cc1. The highest BCUT2D eigenvalue weighted by Crippen LogP contribution is 2.45. The topological polar surface area (TPSA) is 29.5 Å². The van der Waals surface area contributed by atoms with Crippen LogP contribution in [0.2, 0.25) is 0 Å². The molecule has 0 atom stereocenters. The van der Waals surface area contributed by atoms with Gasteiger partial charge in [0.2, 0.25) is 0 Å². The maximum absolute atomic E-state index is 6.61. The van der Waals surface area contributed by atoms with Crippen LogP contribution >= 0.6 is 0 Å². The molecule has 0 bridgehead atoms. The van der Waals surface area contributed by atoms with Crippen LogP contribution < -0.4 is 4.90 Å². The molecule has 0 spiro atoms. The molecule has 55 heavy (non-hydrogen) atoms. The van der Waals surface area contributed by atoms with Gasteiger partial charge in [-0.05, 0) is 88.3 Å². The number of furan rings is 2. The Balaban J connectivity index is 1.17. The minimum atomic E-state index is 0.885. The van der Waals surface area contributed by atoms with E-state index in [0.717, 1.165) is 94.3 Å². The predicted molar refractivity (Wildman–Crippen MR) is 229 cm³/mol. The summed E-state index contributed by atoms with van der Waals surface area (Å²) in [6.07, 6.45) is 0. The first-order chi connectivity index (χ1) is 27.3. The van der Waals surface area contributed by atoms with E-state index in [1.54, 1.807) is 0 Å². The van der Waals surface area contributed by atoms with E-state index >= 15 is 0 Å². The van der Waals surface area contributed by atoms with Gasteiger partial charge < -0.3 is 13.7 Å². The number of hydrogen-bond donors (Lipinski definition) is 0. The lowest BCUT2D eigenvalue weighted by Crippen LogP contribution is -2.10. The summed E-state index contributed by atoms with van der Waals surface area (Å²) in [5, 5.41) is 6.78. The standard InChI is InChI=1S/C52H33NO2/c1-3-15-37(16-4-1)53(38-17-5-2-6-18-38)48-30-29-39(42-19-7-8-20-43(42)48)34-31-35(40-23-13-25-46-44-21-9-11-27-49(44)54-51(40)46)33-36(32-34)41-24-14-26-47-45-22-10-12-28-50(45)55-52(41)47/h1-33H. The second-order valence-electron chi connectivity index (χ2n) is 14.0. The minimum absolute atomic E-state index is 0.885. The zero-order valence-electron chi connectivity index (χ0n) is 29.8. The van der Waals surface area contributed by atoms with Crippen molar-refractivity contribution < 1.29 is 8.83 Å². The average Bonchev–Trinajstić information content (AvgIpc) is 3.83. The normalized spacial score (nSPS) is 11.6. The van der Waals surface area contributed by atoms with Crippen LogP contribution in [-0.2, 0) is 0 Å². The number of benzene rings is 9. The van der Waals surface area contributed by atoms with Gasteiger partial charge in [-0.25, -0.2) is 0 Å². The lowest BCUT2D eigenvalue weighted by Gasteiger charge is -2.27. The summed E-state index contributed by atoms with van der Waals surface area (Å²) in [4.78, 5) is 2.35. The van der Waals surface area contributed by atoms with Gasteiger partial charge in [0.05, 0.1) is 5.69 Å². The molecule has 0 unspecified atom stereocenters. The van der Waals surface area contributed by atoms with Crippen LogP contribution in [0.5, 0.6) is 0 Å². The molecule has 0 radical (unpaired) electrons. The number of rotatable bonds is 6. The fraction of sp³-hybridized carbons (Fsp3) is 0. The Morgan fingerprint density at radius 2 is 0.709 bits per heavy atom. The Hall–Kier alpha value is -7.36. The molecular formula is C52H33NO2. The van der Waals surface area contributed by atoms with Crippen molar-refractivity contribution in [1.29, 1.82) is 0 Å². The number of hydrogen-bond acceptors (Lipinski definition) is 3. The van der Waals surface area contributed by atoms with Gasteiger partial charge in [-0.1, -0.05) is 140 Å². The highest BCUT2D eigenvalue weighted by atomic mass is 16.3. The quantitative estimate of drug-likeness (QED) is 0.173. The van der Waals surface area contributed by atoms with Gasteiger partial charge in [-0.3, -0.25) is 0 Å². The molecule has 11 aromatic rings. The summed E-state index contributed by atoms with van der Waals surface area (Å²) < 4.78 is 13.2. The van der Waals surface area contributed by atoms with E-state index < -0.39 is 0 Å². The van der Waals surface area contributed by atoms with Crippen molar-refractivity contribution >= 4 is 71.7 Å². The van der Waals surface area contributed by atoms with Crippen molar-refractivity contribution in [3.05, 3.63) is 200 Å². The van der Waals surface area contributed by atoms with Gasteiger partial charge >= 0.3 is 0 Å². The maximum Gasteiger partial charge on any atom is 0.143 e. The third kappa shape index (κ3) is 5.13. The average molecular weight is 704 g/mol. The zero-order valence-corrected chi connectivity index (χ0v) is 29.8. The Morgan fingerprint density at radius 1 is 0.291 bits per heavy atom. The molecule has 11 rings (SSSR count). The van der Waals surface area contributed by atoms with E-state index in [9.17, 15) is 0 Å². The van der Waals surface area contributed by atoms with Crippen LogP contribution in [0.4, 0.5) is 17.1 Å². The van der Waals surface area contributed by atoms with Gasteiger partial charge in [-0.2, -0.15) is 0 Å². The molecule has 0 saturated heterocycles. The monoisotopic (exact) mass is 703 g/mol. The zero-order chi connectivity index (χ0) is 36.3. The Kier molecular flexibility index (Phi) is 7.17. The molecule has 258 valence electrons. The van der Waals surface area contributed by atoms with Gasteiger partial charge in [0.15, 0.2) is 0 Å². The van der Waals surface area contributed by atoms with E-state index in [2.05, 4.69) is 181 Å². The number of fused-ring (bicyclic) bond motifs is 7. The lowest BCUT2D eigenvalue weighted by atomic mass is 9.90. The molecule has 0 aliphatic heterocycles. The number of para-hydroxylation sites is 6. The van der Waals surface area contributed by atoms with Crippen LogP contribution in [-0.4, -0.2) is 0 Å². The first kappa shape index (κ1) is 31.2. The second kappa shape index (κ2) is 12.6. The van der Waals surface area contributed by atoms with Crippen LogP contribution in [0, 0.1) is 0 Å². The molecule has 0 aliphatic rings. The first-order valence-electron chi connectivity index (χ1n) is 18.7. The Morgan fingerprint density at radius 3 is 1.24 bits per heavy atom. The largest absolute Gasteiger partial charge is 0.455 e. The molecule has 2 aromatic heterocycles. The van der Waals surface area contributed by atoms with Crippen LogP contribution in [0.3, 0.4) is 0 Å². The summed E-state index contributed by atoms with van der Waals surface area (Å²) in [5.74, 6) is 0. The van der Waals surface area contributed by atoms with E-state index in [4.69, 9.17) is 8.83 Å². The van der Waals surface area contributed by atoms with E-state index in [1.807, 2.05) is 24.3 Å². The van der Waals surface area contributed by atoms with E-state index in [-0.39, 0.29) is 0 Å². The first-order valence-corrected chi connectivity index (χ1v) is 18.7. The predicted octanol–water partition coefficient (Wildman–Crippen LogP) is 15.1. The van der Waals surface area contributed by atoms with Crippen molar-refractivity contribution in [3.63, 3.8) is 0 Å². The highest BCUT2D eigenvalue weighted by Gasteiger charge is 2.20. The molecule has 3 heteroatoms. The third-order valence-corrected chi connectivity index (χ3v) is 10.8. The Bertz CT molecular complexity index is 3040. The van der Waals surface area contributed by atoms with Crippen molar-refractivity contribution in [2.24, 2.45) is 0 Å².